The highest BCUT2D eigenvalue weighted by Gasteiger charge is 2.13. The van der Waals surface area contributed by atoms with Crippen LogP contribution in [-0.4, -0.2) is 17.9 Å². The zero-order valence-corrected chi connectivity index (χ0v) is 10.2. The maximum absolute atomic E-state index is 11.7. The van der Waals surface area contributed by atoms with Gasteiger partial charge >= 0.3 is 0 Å². The number of nitrogens with zero attached hydrogens (tertiary/aromatic N) is 1. The fraction of sp³-hybridized carbons (Fsp3) is 0.0909. The average molecular weight is 280 g/mol. The summed E-state index contributed by atoms with van der Waals surface area (Å²) in [5, 5.41) is 3.35. The number of amides is 1. The van der Waals surface area contributed by atoms with Gasteiger partial charge in [0, 0.05) is 23.1 Å². The molecule has 5 heteroatoms. The molecule has 2 aromatic rings. The fourth-order valence-electron chi connectivity index (χ4n) is 1.55. The summed E-state index contributed by atoms with van der Waals surface area (Å²) >= 11 is 3.33. The van der Waals surface area contributed by atoms with E-state index in [1.165, 1.54) is 0 Å². The predicted molar refractivity (Wildman–Crippen MR) is 67.2 cm³/mol. The third kappa shape index (κ3) is 1.63. The van der Waals surface area contributed by atoms with E-state index in [9.17, 15) is 4.79 Å². The van der Waals surface area contributed by atoms with Crippen molar-refractivity contribution in [2.24, 2.45) is 0 Å². The third-order valence-corrected chi connectivity index (χ3v) is 3.01. The van der Waals surface area contributed by atoms with Crippen LogP contribution in [0.2, 0.25) is 0 Å². The molecule has 0 unspecified atom stereocenters. The van der Waals surface area contributed by atoms with E-state index in [-0.39, 0.29) is 5.91 Å². The Kier molecular flexibility index (Phi) is 2.78. The molecule has 0 aliphatic heterocycles. The molecule has 1 aromatic heterocycles. The minimum atomic E-state index is -0.176. The zero-order chi connectivity index (χ0) is 11.7. The number of nitrogens with two attached hydrogens (primary N) is 1. The molecule has 0 atom stereocenters. The molecule has 4 nitrogen and oxygen atoms in total. The van der Waals surface area contributed by atoms with Gasteiger partial charge in [-0.1, -0.05) is 0 Å². The second-order valence-corrected chi connectivity index (χ2v) is 4.15. The highest BCUT2D eigenvalue weighted by Crippen LogP contribution is 2.30. The maximum Gasteiger partial charge on any atom is 0.253 e. The maximum atomic E-state index is 11.7. The van der Waals surface area contributed by atoms with Crippen molar-refractivity contribution in [3.8, 4) is 0 Å². The van der Waals surface area contributed by atoms with E-state index in [2.05, 4.69) is 26.2 Å². The minimum Gasteiger partial charge on any atom is -0.397 e. The van der Waals surface area contributed by atoms with Crippen molar-refractivity contribution < 1.29 is 4.79 Å². The number of aromatic nitrogens is 1. The van der Waals surface area contributed by atoms with Gasteiger partial charge in [0.25, 0.3) is 5.91 Å². The number of carbonyl (C=O) groups is 1. The summed E-state index contributed by atoms with van der Waals surface area (Å²) in [5.74, 6) is -0.176. The summed E-state index contributed by atoms with van der Waals surface area (Å²) in [5.41, 5.74) is 7.63. The van der Waals surface area contributed by atoms with Gasteiger partial charge < -0.3 is 11.1 Å². The van der Waals surface area contributed by atoms with E-state index < -0.39 is 0 Å². The number of rotatable bonds is 1. The normalized spacial score (nSPS) is 10.4. The van der Waals surface area contributed by atoms with E-state index in [1.807, 2.05) is 6.07 Å². The Hall–Kier alpha value is -1.62. The predicted octanol–water partition coefficient (Wildman–Crippen LogP) is 1.94. The molecule has 0 saturated carbocycles. The van der Waals surface area contributed by atoms with Crippen LogP contribution in [-0.2, 0) is 0 Å². The van der Waals surface area contributed by atoms with Crippen LogP contribution in [0, 0.1) is 0 Å². The van der Waals surface area contributed by atoms with Crippen molar-refractivity contribution in [2.45, 2.75) is 0 Å². The molecule has 16 heavy (non-hydrogen) atoms. The van der Waals surface area contributed by atoms with Crippen LogP contribution in [0.15, 0.2) is 28.9 Å². The molecule has 1 amide bonds. The van der Waals surface area contributed by atoms with Crippen LogP contribution in [0.4, 0.5) is 5.69 Å². The van der Waals surface area contributed by atoms with Crippen molar-refractivity contribution >= 4 is 38.4 Å². The lowest BCUT2D eigenvalue weighted by atomic mass is 10.1. The van der Waals surface area contributed by atoms with Crippen LogP contribution < -0.4 is 11.1 Å². The molecule has 2 rings (SSSR count). The number of halogens is 1. The van der Waals surface area contributed by atoms with Crippen LogP contribution >= 0.6 is 15.9 Å². The molecule has 0 bridgehead atoms. The lowest BCUT2D eigenvalue weighted by Gasteiger charge is -2.08. The van der Waals surface area contributed by atoms with Crippen molar-refractivity contribution in [2.75, 3.05) is 12.8 Å². The minimum absolute atomic E-state index is 0.176. The number of pyridine rings is 1. The Morgan fingerprint density at radius 1 is 1.56 bits per heavy atom. The van der Waals surface area contributed by atoms with Crippen LogP contribution in [0.3, 0.4) is 0 Å². The highest BCUT2D eigenvalue weighted by molar-refractivity contribution is 9.10. The average Bonchev–Trinajstić information content (AvgIpc) is 2.33. The smallest absolute Gasteiger partial charge is 0.253 e. The monoisotopic (exact) mass is 279 g/mol. The molecule has 82 valence electrons. The number of hydrogen-bond acceptors (Lipinski definition) is 3. The number of nitrogen functional groups attached to an aromatic ring is 1. The topological polar surface area (TPSA) is 68.0 Å². The summed E-state index contributed by atoms with van der Waals surface area (Å²) in [6.45, 7) is 0. The molecule has 3 N–H and O–H groups in total. The number of hydrogen-bond donors (Lipinski definition) is 2. The lowest BCUT2D eigenvalue weighted by molar-refractivity contribution is 0.0964. The molecule has 0 aliphatic carbocycles. The number of fused-ring (bicyclic) bond motifs is 1. The zero-order valence-electron chi connectivity index (χ0n) is 8.62. The Morgan fingerprint density at radius 3 is 3.00 bits per heavy atom. The Labute approximate surface area is 101 Å². The standard InChI is InChI=1S/C11H10BrN3O/c1-14-11(16)7-5-8(12)9(13)6-3-2-4-15-10(6)7/h2-5H,13H2,1H3,(H,14,16). The Balaban J connectivity index is 2.85. The number of nitrogens with one attached hydrogen (secondary N) is 1. The van der Waals surface area contributed by atoms with Crippen molar-refractivity contribution in [3.63, 3.8) is 0 Å². The van der Waals surface area contributed by atoms with Crippen molar-refractivity contribution in [3.05, 3.63) is 34.4 Å². The van der Waals surface area contributed by atoms with E-state index in [0.29, 0.717) is 21.2 Å². The molecular formula is C11H10BrN3O. The molecule has 0 saturated heterocycles. The van der Waals surface area contributed by atoms with E-state index in [0.717, 1.165) is 5.39 Å². The first-order chi connectivity index (χ1) is 7.65. The third-order valence-electron chi connectivity index (χ3n) is 2.35. The SMILES string of the molecule is CNC(=O)c1cc(Br)c(N)c2cccnc12. The summed E-state index contributed by atoms with van der Waals surface area (Å²) in [6.07, 6.45) is 1.64. The second-order valence-electron chi connectivity index (χ2n) is 3.30. The van der Waals surface area contributed by atoms with Gasteiger partial charge in [-0.25, -0.2) is 0 Å². The van der Waals surface area contributed by atoms with Gasteiger partial charge in [-0.15, -0.1) is 0 Å². The van der Waals surface area contributed by atoms with Crippen molar-refractivity contribution in [1.82, 2.24) is 10.3 Å². The Morgan fingerprint density at radius 2 is 2.31 bits per heavy atom. The molecule has 0 spiro atoms. The first-order valence-corrected chi connectivity index (χ1v) is 5.49. The van der Waals surface area contributed by atoms with Crippen LogP contribution in [0.5, 0.6) is 0 Å². The van der Waals surface area contributed by atoms with Gasteiger partial charge in [0.15, 0.2) is 0 Å². The van der Waals surface area contributed by atoms with E-state index in [4.69, 9.17) is 5.73 Å². The number of benzene rings is 1. The fourth-order valence-corrected chi connectivity index (χ4v) is 1.99. The first-order valence-electron chi connectivity index (χ1n) is 4.70. The molecule has 1 aromatic carbocycles. The summed E-state index contributed by atoms with van der Waals surface area (Å²) < 4.78 is 0.701. The van der Waals surface area contributed by atoms with Gasteiger partial charge in [0.1, 0.15) is 0 Å². The molecule has 0 fully saturated rings. The van der Waals surface area contributed by atoms with Gasteiger partial charge in [-0.05, 0) is 34.1 Å². The lowest BCUT2D eigenvalue weighted by Crippen LogP contribution is -2.18. The van der Waals surface area contributed by atoms with Crippen LogP contribution in [0.25, 0.3) is 10.9 Å². The van der Waals surface area contributed by atoms with E-state index >= 15 is 0 Å². The van der Waals surface area contributed by atoms with Gasteiger partial charge in [-0.3, -0.25) is 9.78 Å². The van der Waals surface area contributed by atoms with Gasteiger partial charge in [0.2, 0.25) is 0 Å². The molecule has 1 heterocycles. The molecule has 0 radical (unpaired) electrons. The Bertz CT molecular complexity index is 568. The number of anilines is 1. The summed E-state index contributed by atoms with van der Waals surface area (Å²) in [4.78, 5) is 15.9. The molecular weight excluding hydrogens is 270 g/mol. The second kappa shape index (κ2) is 4.09. The van der Waals surface area contributed by atoms with E-state index in [1.54, 1.807) is 25.4 Å². The largest absolute Gasteiger partial charge is 0.397 e. The number of carbonyl (C=O) groups excluding carboxylic acids is 1. The molecule has 0 aliphatic rings. The summed E-state index contributed by atoms with van der Waals surface area (Å²) in [7, 11) is 1.58. The summed E-state index contributed by atoms with van der Waals surface area (Å²) in [6, 6.07) is 5.32. The van der Waals surface area contributed by atoms with Crippen LogP contribution in [0.1, 0.15) is 10.4 Å². The quantitative estimate of drug-likeness (QED) is 0.784. The van der Waals surface area contributed by atoms with Crippen molar-refractivity contribution in [1.29, 1.82) is 0 Å². The van der Waals surface area contributed by atoms with Gasteiger partial charge in [-0.2, -0.15) is 0 Å². The van der Waals surface area contributed by atoms with Gasteiger partial charge in [0.05, 0.1) is 16.8 Å². The first kappa shape index (κ1) is 10.9. The highest BCUT2D eigenvalue weighted by atomic mass is 79.9.